The molecule has 124 valence electrons. The van der Waals surface area contributed by atoms with E-state index < -0.39 is 16.1 Å². The quantitative estimate of drug-likeness (QED) is 0.815. The van der Waals surface area contributed by atoms with E-state index in [1.807, 2.05) is 0 Å². The highest BCUT2D eigenvalue weighted by Gasteiger charge is 2.30. The normalized spacial score (nSPS) is 16.3. The zero-order valence-electron chi connectivity index (χ0n) is 12.5. The third kappa shape index (κ3) is 3.85. The number of hydrogen-bond donors (Lipinski definition) is 2. The Bertz CT molecular complexity index is 816. The summed E-state index contributed by atoms with van der Waals surface area (Å²) in [5, 5.41) is 12.4. The Hall–Kier alpha value is -1.15. The lowest BCUT2D eigenvalue weighted by Crippen LogP contribution is -2.15. The predicted molar refractivity (Wildman–Crippen MR) is 91.5 cm³/mol. The van der Waals surface area contributed by atoms with Crippen LogP contribution in [-0.2, 0) is 16.4 Å². The van der Waals surface area contributed by atoms with Crippen LogP contribution in [0.15, 0.2) is 28.5 Å². The van der Waals surface area contributed by atoms with Crippen LogP contribution in [0.25, 0.3) is 0 Å². The minimum absolute atomic E-state index is 0.139. The van der Waals surface area contributed by atoms with Crippen LogP contribution in [0.4, 0.5) is 5.13 Å². The van der Waals surface area contributed by atoms with Crippen molar-refractivity contribution in [2.45, 2.75) is 37.2 Å². The number of nitrogens with zero attached hydrogens (tertiary/aromatic N) is 1. The van der Waals surface area contributed by atoms with E-state index in [0.717, 1.165) is 12.8 Å². The van der Waals surface area contributed by atoms with Gasteiger partial charge in [0.25, 0.3) is 10.0 Å². The first kappa shape index (κ1) is 16.7. The second-order valence-electron chi connectivity index (χ2n) is 5.72. The zero-order chi connectivity index (χ0) is 16.6. The molecule has 0 saturated heterocycles. The Morgan fingerprint density at radius 3 is 2.91 bits per heavy atom. The van der Waals surface area contributed by atoms with E-state index in [1.165, 1.54) is 17.4 Å². The van der Waals surface area contributed by atoms with E-state index in [4.69, 9.17) is 11.6 Å². The zero-order valence-corrected chi connectivity index (χ0v) is 14.9. The van der Waals surface area contributed by atoms with Gasteiger partial charge in [-0.3, -0.25) is 4.72 Å². The second-order valence-corrected chi connectivity index (χ2v) is 8.64. The van der Waals surface area contributed by atoms with E-state index >= 15 is 0 Å². The summed E-state index contributed by atoms with van der Waals surface area (Å²) >= 11 is 7.20. The SMILES string of the molecule is Cc1c(Cl)cccc1S(=O)(=O)Nc1nc(C[C@@H](O)C2CC2)cs1. The molecule has 1 heterocycles. The Morgan fingerprint density at radius 2 is 2.22 bits per heavy atom. The summed E-state index contributed by atoms with van der Waals surface area (Å²) in [5.74, 6) is 0.367. The van der Waals surface area contributed by atoms with E-state index in [1.54, 1.807) is 24.4 Å². The number of benzene rings is 1. The summed E-state index contributed by atoms with van der Waals surface area (Å²) in [6.07, 6.45) is 2.17. The van der Waals surface area contributed by atoms with E-state index in [-0.39, 0.29) is 4.90 Å². The predicted octanol–water partition coefficient (Wildman–Crippen LogP) is 3.22. The van der Waals surface area contributed by atoms with E-state index in [2.05, 4.69) is 9.71 Å². The molecule has 8 heteroatoms. The monoisotopic (exact) mass is 372 g/mol. The topological polar surface area (TPSA) is 79.3 Å². The number of thiazole rings is 1. The van der Waals surface area contributed by atoms with Crippen LogP contribution in [0.1, 0.15) is 24.1 Å². The molecule has 1 aromatic heterocycles. The molecule has 0 unspecified atom stereocenters. The molecule has 0 amide bonds. The van der Waals surface area contributed by atoms with Crippen LogP contribution in [0.3, 0.4) is 0 Å². The molecule has 23 heavy (non-hydrogen) atoms. The van der Waals surface area contributed by atoms with Crippen molar-refractivity contribution in [1.82, 2.24) is 4.98 Å². The standard InChI is InChI=1S/C15H17ClN2O3S2/c1-9-12(16)3-2-4-14(9)23(20,21)18-15-17-11(8-22-15)7-13(19)10-5-6-10/h2-4,8,10,13,19H,5-7H2,1H3,(H,17,18)/t13-/m1/s1. The van der Waals surface area contributed by atoms with Crippen molar-refractivity contribution in [2.24, 2.45) is 5.92 Å². The van der Waals surface area contributed by atoms with Crippen LogP contribution in [0, 0.1) is 12.8 Å². The van der Waals surface area contributed by atoms with Gasteiger partial charge < -0.3 is 5.11 Å². The lowest BCUT2D eigenvalue weighted by molar-refractivity contribution is 0.151. The van der Waals surface area contributed by atoms with Crippen molar-refractivity contribution >= 4 is 38.1 Å². The molecule has 0 aliphatic heterocycles. The van der Waals surface area contributed by atoms with Gasteiger partial charge in [0.1, 0.15) is 0 Å². The van der Waals surface area contributed by atoms with Gasteiger partial charge in [0.2, 0.25) is 0 Å². The smallest absolute Gasteiger partial charge is 0.263 e. The first-order valence-electron chi connectivity index (χ1n) is 7.27. The third-order valence-electron chi connectivity index (χ3n) is 3.87. The maximum atomic E-state index is 12.5. The molecule has 3 rings (SSSR count). The Kier molecular flexibility index (Phi) is 4.64. The second kappa shape index (κ2) is 6.39. The highest BCUT2D eigenvalue weighted by atomic mass is 35.5. The van der Waals surface area contributed by atoms with Crippen LogP contribution < -0.4 is 4.72 Å². The number of halogens is 1. The maximum absolute atomic E-state index is 12.5. The van der Waals surface area contributed by atoms with Crippen molar-refractivity contribution in [3.8, 4) is 0 Å². The van der Waals surface area contributed by atoms with Gasteiger partial charge in [-0.1, -0.05) is 17.7 Å². The molecule has 1 aromatic carbocycles. The summed E-state index contributed by atoms with van der Waals surface area (Å²) < 4.78 is 27.4. The van der Waals surface area contributed by atoms with Gasteiger partial charge in [-0.05, 0) is 43.4 Å². The number of anilines is 1. The molecule has 0 bridgehead atoms. The fourth-order valence-electron chi connectivity index (χ4n) is 2.36. The molecule has 0 spiro atoms. The summed E-state index contributed by atoms with van der Waals surface area (Å²) in [6.45, 7) is 1.66. The van der Waals surface area contributed by atoms with Crippen molar-refractivity contribution in [3.63, 3.8) is 0 Å². The molecular formula is C15H17ClN2O3S2. The Labute approximate surface area is 144 Å². The molecule has 1 saturated carbocycles. The van der Waals surface area contributed by atoms with Crippen molar-refractivity contribution in [2.75, 3.05) is 4.72 Å². The first-order chi connectivity index (χ1) is 10.9. The van der Waals surface area contributed by atoms with Gasteiger partial charge in [-0.2, -0.15) is 0 Å². The van der Waals surface area contributed by atoms with Crippen molar-refractivity contribution < 1.29 is 13.5 Å². The number of rotatable bonds is 6. The van der Waals surface area contributed by atoms with Crippen LogP contribution in [0.5, 0.6) is 0 Å². The molecule has 1 fully saturated rings. The molecule has 5 nitrogen and oxygen atoms in total. The fraction of sp³-hybridized carbons (Fsp3) is 0.400. The Balaban J connectivity index is 1.75. The highest BCUT2D eigenvalue weighted by Crippen LogP contribution is 2.34. The van der Waals surface area contributed by atoms with Crippen LogP contribution in [-0.4, -0.2) is 24.6 Å². The number of hydrogen-bond acceptors (Lipinski definition) is 5. The van der Waals surface area contributed by atoms with Crippen molar-refractivity contribution in [3.05, 3.63) is 39.9 Å². The van der Waals surface area contributed by atoms with Crippen LogP contribution in [0.2, 0.25) is 5.02 Å². The summed E-state index contributed by atoms with van der Waals surface area (Å²) in [4.78, 5) is 4.40. The largest absolute Gasteiger partial charge is 0.392 e. The highest BCUT2D eigenvalue weighted by molar-refractivity contribution is 7.93. The fourth-order valence-corrected chi connectivity index (χ4v) is 4.83. The Morgan fingerprint density at radius 1 is 1.48 bits per heavy atom. The molecule has 2 aromatic rings. The average Bonchev–Trinajstić information content (AvgIpc) is 3.25. The molecule has 1 atom stereocenters. The van der Waals surface area contributed by atoms with Gasteiger partial charge in [0.15, 0.2) is 5.13 Å². The van der Waals surface area contributed by atoms with Crippen molar-refractivity contribution in [1.29, 1.82) is 0 Å². The summed E-state index contributed by atoms with van der Waals surface area (Å²) in [5.41, 5.74) is 1.21. The van der Waals surface area contributed by atoms with Gasteiger partial charge in [-0.15, -0.1) is 11.3 Å². The summed E-state index contributed by atoms with van der Waals surface area (Å²) in [6, 6.07) is 4.76. The third-order valence-corrected chi connectivity index (χ3v) is 6.69. The molecule has 1 aliphatic rings. The molecular weight excluding hydrogens is 356 g/mol. The number of aliphatic hydroxyl groups is 1. The van der Waals surface area contributed by atoms with Gasteiger partial charge in [0, 0.05) is 16.8 Å². The average molecular weight is 373 g/mol. The van der Waals surface area contributed by atoms with Gasteiger partial charge >= 0.3 is 0 Å². The van der Waals surface area contributed by atoms with E-state index in [0.29, 0.717) is 33.8 Å². The number of aromatic nitrogens is 1. The minimum atomic E-state index is -3.73. The minimum Gasteiger partial charge on any atom is -0.392 e. The molecule has 2 N–H and O–H groups in total. The van der Waals surface area contributed by atoms with Gasteiger partial charge in [0.05, 0.1) is 16.7 Å². The number of sulfonamides is 1. The van der Waals surface area contributed by atoms with E-state index in [9.17, 15) is 13.5 Å². The molecule has 1 aliphatic carbocycles. The number of aliphatic hydroxyl groups excluding tert-OH is 1. The van der Waals surface area contributed by atoms with Gasteiger partial charge in [-0.25, -0.2) is 13.4 Å². The lowest BCUT2D eigenvalue weighted by Gasteiger charge is -2.09. The summed E-state index contributed by atoms with van der Waals surface area (Å²) in [7, 11) is -3.73. The molecule has 0 radical (unpaired) electrons. The maximum Gasteiger partial charge on any atom is 0.263 e. The lowest BCUT2D eigenvalue weighted by atomic mass is 10.1. The number of nitrogens with one attached hydrogen (secondary N) is 1. The van der Waals surface area contributed by atoms with Crippen LogP contribution >= 0.6 is 22.9 Å². The first-order valence-corrected chi connectivity index (χ1v) is 10.0.